The Bertz CT molecular complexity index is 208. The lowest BCUT2D eigenvalue weighted by atomic mass is 9.68. The molecule has 1 heterocycles. The number of aliphatic hydroxyl groups is 1. The van der Waals surface area contributed by atoms with Gasteiger partial charge >= 0.3 is 0 Å². The molecule has 1 N–H and O–H groups in total. The van der Waals surface area contributed by atoms with Crippen LogP contribution in [0.5, 0.6) is 0 Å². The minimum Gasteiger partial charge on any atom is -0.396 e. The molecule has 0 radical (unpaired) electrons. The third kappa shape index (κ3) is 2.12. The van der Waals surface area contributed by atoms with Gasteiger partial charge in [-0.1, -0.05) is 27.7 Å². The van der Waals surface area contributed by atoms with E-state index in [1.54, 1.807) is 0 Å². The van der Waals surface area contributed by atoms with Gasteiger partial charge < -0.3 is 9.84 Å². The van der Waals surface area contributed by atoms with Crippen molar-refractivity contribution < 1.29 is 9.84 Å². The lowest BCUT2D eigenvalue weighted by Crippen LogP contribution is -2.43. The van der Waals surface area contributed by atoms with Gasteiger partial charge in [0, 0.05) is 13.2 Å². The normalized spacial score (nSPS) is 32.1. The summed E-state index contributed by atoms with van der Waals surface area (Å²) in [5, 5.41) is 9.28. The van der Waals surface area contributed by atoms with Crippen molar-refractivity contribution in [2.45, 2.75) is 53.1 Å². The van der Waals surface area contributed by atoms with Gasteiger partial charge in [-0.3, -0.25) is 0 Å². The highest BCUT2D eigenvalue weighted by Gasteiger charge is 2.48. The predicted molar refractivity (Wildman–Crippen MR) is 58.2 cm³/mol. The van der Waals surface area contributed by atoms with E-state index in [9.17, 15) is 5.11 Å². The molecule has 1 atom stereocenters. The monoisotopic (exact) mass is 200 g/mol. The minimum atomic E-state index is -0.0841. The average Bonchev–Trinajstić information content (AvgIpc) is 2.25. The fourth-order valence-corrected chi connectivity index (χ4v) is 2.25. The zero-order valence-electron chi connectivity index (χ0n) is 10.2. The fraction of sp³-hybridized carbons (Fsp3) is 1.00. The predicted octanol–water partition coefficient (Wildman–Crippen LogP) is 2.60. The van der Waals surface area contributed by atoms with Crippen LogP contribution in [0, 0.1) is 10.8 Å². The van der Waals surface area contributed by atoms with Crippen LogP contribution < -0.4 is 0 Å². The average molecular weight is 200 g/mol. The van der Waals surface area contributed by atoms with Crippen molar-refractivity contribution in [1.82, 2.24) is 0 Å². The zero-order chi connectivity index (χ0) is 11.0. The molecule has 0 aromatic heterocycles. The quantitative estimate of drug-likeness (QED) is 0.759. The first-order valence-electron chi connectivity index (χ1n) is 5.47. The molecule has 0 spiro atoms. The Kier molecular flexibility index (Phi) is 2.99. The summed E-state index contributed by atoms with van der Waals surface area (Å²) in [6.45, 7) is 12.0. The lowest BCUT2D eigenvalue weighted by molar-refractivity contribution is -0.0732. The first kappa shape index (κ1) is 12.0. The Balaban J connectivity index is 2.76. The molecule has 1 aliphatic heterocycles. The number of rotatable bonds is 3. The fourth-order valence-electron chi connectivity index (χ4n) is 2.25. The van der Waals surface area contributed by atoms with Gasteiger partial charge in [0.2, 0.25) is 0 Å². The summed E-state index contributed by atoms with van der Waals surface area (Å²) in [4.78, 5) is 0. The van der Waals surface area contributed by atoms with Crippen molar-refractivity contribution in [3.63, 3.8) is 0 Å². The maximum Gasteiger partial charge on any atom is 0.0711 e. The first-order chi connectivity index (χ1) is 6.22. The first-order valence-corrected chi connectivity index (χ1v) is 5.47. The number of hydrogen-bond acceptors (Lipinski definition) is 2. The Morgan fingerprint density at radius 1 is 1.29 bits per heavy atom. The topological polar surface area (TPSA) is 29.5 Å². The Hall–Kier alpha value is -0.0800. The second kappa shape index (κ2) is 3.49. The van der Waals surface area contributed by atoms with Gasteiger partial charge in [-0.05, 0) is 30.6 Å². The van der Waals surface area contributed by atoms with Crippen LogP contribution in [-0.2, 0) is 4.74 Å². The maximum atomic E-state index is 9.28. The van der Waals surface area contributed by atoms with Gasteiger partial charge in [-0.25, -0.2) is 0 Å². The van der Waals surface area contributed by atoms with Gasteiger partial charge in [-0.15, -0.1) is 0 Å². The Morgan fingerprint density at radius 3 is 2.21 bits per heavy atom. The highest BCUT2D eigenvalue weighted by Crippen LogP contribution is 2.48. The molecule has 1 saturated heterocycles. The van der Waals surface area contributed by atoms with Crippen LogP contribution in [0.25, 0.3) is 0 Å². The van der Waals surface area contributed by atoms with Crippen LogP contribution in [0.15, 0.2) is 0 Å². The minimum absolute atomic E-state index is 0.0453. The van der Waals surface area contributed by atoms with Gasteiger partial charge in [0.25, 0.3) is 0 Å². The standard InChI is InChI=1S/C12H24O2/c1-10(2,9-13)8-12(5)11(3,4)6-7-14-12/h13H,6-9H2,1-5H3. The summed E-state index contributed by atoms with van der Waals surface area (Å²) in [6.07, 6.45) is 2.04. The Morgan fingerprint density at radius 2 is 1.86 bits per heavy atom. The van der Waals surface area contributed by atoms with E-state index in [1.165, 1.54) is 0 Å². The molecule has 0 aliphatic carbocycles. The smallest absolute Gasteiger partial charge is 0.0711 e. The van der Waals surface area contributed by atoms with Crippen LogP contribution in [0.4, 0.5) is 0 Å². The molecule has 1 aliphatic rings. The van der Waals surface area contributed by atoms with Gasteiger partial charge in [-0.2, -0.15) is 0 Å². The molecule has 14 heavy (non-hydrogen) atoms. The SMILES string of the molecule is CC(C)(CO)CC1(C)OCCC1(C)C. The van der Waals surface area contributed by atoms with Crippen molar-refractivity contribution in [2.24, 2.45) is 10.8 Å². The van der Waals surface area contributed by atoms with Crippen LogP contribution in [-0.4, -0.2) is 23.9 Å². The molecule has 1 rings (SSSR count). The van der Waals surface area contributed by atoms with Crippen molar-refractivity contribution in [1.29, 1.82) is 0 Å². The molecular formula is C12H24O2. The van der Waals surface area contributed by atoms with Gasteiger partial charge in [0.1, 0.15) is 0 Å². The molecule has 1 unspecified atom stereocenters. The number of hydrogen-bond donors (Lipinski definition) is 1. The third-order valence-corrected chi connectivity index (χ3v) is 3.82. The molecule has 0 amide bonds. The summed E-state index contributed by atoms with van der Waals surface area (Å²) in [6, 6.07) is 0. The second-order valence-corrected chi connectivity index (χ2v) is 6.21. The van der Waals surface area contributed by atoms with E-state index in [2.05, 4.69) is 34.6 Å². The molecule has 2 heteroatoms. The maximum absolute atomic E-state index is 9.28. The van der Waals surface area contributed by atoms with E-state index in [0.29, 0.717) is 0 Å². The Labute approximate surface area is 87.7 Å². The summed E-state index contributed by atoms with van der Waals surface area (Å²) < 4.78 is 5.88. The van der Waals surface area contributed by atoms with E-state index < -0.39 is 0 Å². The molecule has 1 fully saturated rings. The molecule has 2 nitrogen and oxygen atoms in total. The summed E-state index contributed by atoms with van der Waals surface area (Å²) in [5.41, 5.74) is 0.0923. The van der Waals surface area contributed by atoms with E-state index in [4.69, 9.17) is 4.74 Å². The molecular weight excluding hydrogens is 176 g/mol. The second-order valence-electron chi connectivity index (χ2n) is 6.21. The van der Waals surface area contributed by atoms with Crippen LogP contribution in [0.1, 0.15) is 47.5 Å². The highest BCUT2D eigenvalue weighted by molar-refractivity contribution is 4.98. The molecule has 0 aromatic carbocycles. The van der Waals surface area contributed by atoms with Crippen LogP contribution >= 0.6 is 0 Å². The van der Waals surface area contributed by atoms with E-state index in [1.807, 2.05) is 0 Å². The van der Waals surface area contributed by atoms with Crippen molar-refractivity contribution in [2.75, 3.05) is 13.2 Å². The third-order valence-electron chi connectivity index (χ3n) is 3.82. The number of aliphatic hydroxyl groups excluding tert-OH is 1. The number of ether oxygens (including phenoxy) is 1. The largest absolute Gasteiger partial charge is 0.396 e. The van der Waals surface area contributed by atoms with Crippen molar-refractivity contribution in [3.8, 4) is 0 Å². The van der Waals surface area contributed by atoms with E-state index >= 15 is 0 Å². The van der Waals surface area contributed by atoms with E-state index in [0.717, 1.165) is 19.4 Å². The van der Waals surface area contributed by atoms with Crippen LogP contribution in [0.3, 0.4) is 0 Å². The summed E-state index contributed by atoms with van der Waals surface area (Å²) in [7, 11) is 0. The molecule has 0 bridgehead atoms. The highest BCUT2D eigenvalue weighted by atomic mass is 16.5. The van der Waals surface area contributed by atoms with Crippen molar-refractivity contribution in [3.05, 3.63) is 0 Å². The van der Waals surface area contributed by atoms with Crippen molar-refractivity contribution >= 4 is 0 Å². The summed E-state index contributed by atoms with van der Waals surface area (Å²) >= 11 is 0. The lowest BCUT2D eigenvalue weighted by Gasteiger charge is -2.41. The molecule has 84 valence electrons. The van der Waals surface area contributed by atoms with Gasteiger partial charge in [0.05, 0.1) is 5.60 Å². The molecule has 0 aromatic rings. The molecule has 0 saturated carbocycles. The summed E-state index contributed by atoms with van der Waals surface area (Å²) in [5.74, 6) is 0. The van der Waals surface area contributed by atoms with Crippen LogP contribution in [0.2, 0.25) is 0 Å². The van der Waals surface area contributed by atoms with E-state index in [-0.39, 0.29) is 23.0 Å². The zero-order valence-corrected chi connectivity index (χ0v) is 10.2. The van der Waals surface area contributed by atoms with Gasteiger partial charge in [0.15, 0.2) is 0 Å².